The smallest absolute Gasteiger partial charge is 0.223 e. The highest BCUT2D eigenvalue weighted by Gasteiger charge is 2.32. The van der Waals surface area contributed by atoms with Crippen LogP contribution in [0.25, 0.3) is 0 Å². The second-order valence-electron chi connectivity index (χ2n) is 4.23. The van der Waals surface area contributed by atoms with Crippen molar-refractivity contribution in [1.82, 2.24) is 4.90 Å². The highest BCUT2D eigenvalue weighted by molar-refractivity contribution is 5.83. The summed E-state index contributed by atoms with van der Waals surface area (Å²) in [5.74, 6) is -0.0490. The maximum atomic E-state index is 11.7. The fraction of sp³-hybridized carbons (Fsp3) is 0.385. The molecule has 0 bridgehead atoms. The molecule has 0 saturated carbocycles. The lowest BCUT2D eigenvalue weighted by atomic mass is 10.1. The predicted octanol–water partition coefficient (Wildman–Crippen LogP) is 1.79. The molecule has 1 aliphatic rings. The van der Waals surface area contributed by atoms with Crippen molar-refractivity contribution in [3.05, 3.63) is 35.9 Å². The Balaban J connectivity index is 2.14. The molecule has 3 heteroatoms. The standard InChI is InChI=1S/C13H15NO2/c1-10(12-5-3-2-4-6-12)14-8-11(9-15)7-13(14)16/h2-6,9-11H,7-8H2,1H3/t10-,11-/m0/s1. The zero-order valence-corrected chi connectivity index (χ0v) is 9.30. The van der Waals surface area contributed by atoms with Crippen molar-refractivity contribution >= 4 is 12.2 Å². The number of carbonyl (C=O) groups is 2. The maximum absolute atomic E-state index is 11.7. The minimum atomic E-state index is -0.126. The van der Waals surface area contributed by atoms with Gasteiger partial charge in [-0.2, -0.15) is 0 Å². The van der Waals surface area contributed by atoms with Crippen molar-refractivity contribution < 1.29 is 9.59 Å². The average Bonchev–Trinajstić information content (AvgIpc) is 2.71. The number of nitrogens with zero attached hydrogens (tertiary/aromatic N) is 1. The molecule has 2 rings (SSSR count). The number of amides is 1. The topological polar surface area (TPSA) is 37.4 Å². The van der Waals surface area contributed by atoms with Gasteiger partial charge in [0.2, 0.25) is 5.91 Å². The number of likely N-dealkylation sites (tertiary alicyclic amines) is 1. The first-order valence-corrected chi connectivity index (χ1v) is 5.52. The molecule has 1 amide bonds. The van der Waals surface area contributed by atoms with Crippen LogP contribution >= 0.6 is 0 Å². The van der Waals surface area contributed by atoms with E-state index in [1.165, 1.54) is 0 Å². The van der Waals surface area contributed by atoms with Crippen molar-refractivity contribution in [2.45, 2.75) is 19.4 Å². The SMILES string of the molecule is C[C@@H](c1ccccc1)N1C[C@@H](C=O)CC1=O. The maximum Gasteiger partial charge on any atom is 0.223 e. The van der Waals surface area contributed by atoms with Gasteiger partial charge in [-0.15, -0.1) is 0 Å². The van der Waals surface area contributed by atoms with E-state index in [9.17, 15) is 9.59 Å². The summed E-state index contributed by atoms with van der Waals surface area (Å²) in [6.07, 6.45) is 1.25. The van der Waals surface area contributed by atoms with Crippen LogP contribution in [0, 0.1) is 5.92 Å². The number of aldehydes is 1. The van der Waals surface area contributed by atoms with Crippen molar-refractivity contribution in [3.63, 3.8) is 0 Å². The van der Waals surface area contributed by atoms with Crippen LogP contribution in [0.3, 0.4) is 0 Å². The van der Waals surface area contributed by atoms with Gasteiger partial charge in [0, 0.05) is 18.9 Å². The second-order valence-corrected chi connectivity index (χ2v) is 4.23. The molecular weight excluding hydrogens is 202 g/mol. The van der Waals surface area contributed by atoms with E-state index in [2.05, 4.69) is 0 Å². The molecule has 1 fully saturated rings. The van der Waals surface area contributed by atoms with E-state index in [1.807, 2.05) is 37.3 Å². The Kier molecular flexibility index (Phi) is 3.04. The van der Waals surface area contributed by atoms with Gasteiger partial charge in [-0.05, 0) is 12.5 Å². The lowest BCUT2D eigenvalue weighted by molar-refractivity contribution is -0.129. The van der Waals surface area contributed by atoms with E-state index < -0.39 is 0 Å². The van der Waals surface area contributed by atoms with Gasteiger partial charge in [0.1, 0.15) is 6.29 Å². The molecule has 1 aliphatic heterocycles. The van der Waals surface area contributed by atoms with Crippen LogP contribution in [0.5, 0.6) is 0 Å². The van der Waals surface area contributed by atoms with Crippen molar-refractivity contribution in [2.24, 2.45) is 5.92 Å². The summed E-state index contributed by atoms with van der Waals surface area (Å²) >= 11 is 0. The van der Waals surface area contributed by atoms with Crippen LogP contribution < -0.4 is 0 Å². The molecule has 0 spiro atoms. The summed E-state index contributed by atoms with van der Waals surface area (Å²) in [5, 5.41) is 0. The molecule has 1 heterocycles. The quantitative estimate of drug-likeness (QED) is 0.724. The van der Waals surface area contributed by atoms with E-state index in [0.29, 0.717) is 13.0 Å². The van der Waals surface area contributed by atoms with Gasteiger partial charge in [0.05, 0.1) is 6.04 Å². The highest BCUT2D eigenvalue weighted by Crippen LogP contribution is 2.27. The molecule has 0 radical (unpaired) electrons. The van der Waals surface area contributed by atoms with Crippen molar-refractivity contribution in [1.29, 1.82) is 0 Å². The first-order valence-electron chi connectivity index (χ1n) is 5.52. The Bertz CT molecular complexity index is 388. The van der Waals surface area contributed by atoms with Gasteiger partial charge < -0.3 is 9.69 Å². The summed E-state index contributed by atoms with van der Waals surface area (Å²) < 4.78 is 0. The molecule has 3 nitrogen and oxygen atoms in total. The zero-order chi connectivity index (χ0) is 11.5. The van der Waals surface area contributed by atoms with Gasteiger partial charge in [0.15, 0.2) is 0 Å². The third-order valence-corrected chi connectivity index (χ3v) is 3.13. The fourth-order valence-corrected chi connectivity index (χ4v) is 2.14. The molecule has 84 valence electrons. The first kappa shape index (κ1) is 10.9. The second kappa shape index (κ2) is 4.47. The molecule has 0 unspecified atom stereocenters. The summed E-state index contributed by atoms with van der Waals surface area (Å²) in [4.78, 5) is 24.2. The number of benzene rings is 1. The Hall–Kier alpha value is -1.64. The van der Waals surface area contributed by atoms with Crippen LogP contribution in [0.15, 0.2) is 30.3 Å². The van der Waals surface area contributed by atoms with E-state index in [1.54, 1.807) is 4.90 Å². The van der Waals surface area contributed by atoms with Crippen LogP contribution in [0.1, 0.15) is 24.9 Å². The van der Waals surface area contributed by atoms with Crippen LogP contribution in [0.2, 0.25) is 0 Å². The molecule has 2 atom stereocenters. The van der Waals surface area contributed by atoms with Crippen LogP contribution in [-0.2, 0) is 9.59 Å². The average molecular weight is 217 g/mol. The highest BCUT2D eigenvalue weighted by atomic mass is 16.2. The van der Waals surface area contributed by atoms with Crippen molar-refractivity contribution in [2.75, 3.05) is 6.54 Å². The number of hydrogen-bond acceptors (Lipinski definition) is 2. The van der Waals surface area contributed by atoms with E-state index in [0.717, 1.165) is 11.8 Å². The fourth-order valence-electron chi connectivity index (χ4n) is 2.14. The summed E-state index contributed by atoms with van der Waals surface area (Å²) in [6.45, 7) is 2.55. The molecule has 1 saturated heterocycles. The lowest BCUT2D eigenvalue weighted by Gasteiger charge is -2.24. The van der Waals surface area contributed by atoms with E-state index in [-0.39, 0.29) is 17.9 Å². The summed E-state index contributed by atoms with van der Waals surface area (Å²) in [5.41, 5.74) is 1.11. The monoisotopic (exact) mass is 217 g/mol. The Morgan fingerprint density at radius 1 is 1.38 bits per heavy atom. The van der Waals surface area contributed by atoms with Gasteiger partial charge >= 0.3 is 0 Å². The predicted molar refractivity (Wildman–Crippen MR) is 60.7 cm³/mol. The van der Waals surface area contributed by atoms with Gasteiger partial charge in [0.25, 0.3) is 0 Å². The molecule has 1 aromatic rings. The van der Waals surface area contributed by atoms with Crippen LogP contribution in [0.4, 0.5) is 0 Å². The largest absolute Gasteiger partial charge is 0.335 e. The van der Waals surface area contributed by atoms with E-state index in [4.69, 9.17) is 0 Å². The molecule has 0 aliphatic carbocycles. The lowest BCUT2D eigenvalue weighted by Crippen LogP contribution is -2.28. The summed E-state index contributed by atoms with van der Waals surface area (Å²) in [6, 6.07) is 9.94. The molecular formula is C13H15NO2. The molecule has 16 heavy (non-hydrogen) atoms. The molecule has 0 N–H and O–H groups in total. The molecule has 0 aromatic heterocycles. The minimum absolute atomic E-state index is 0.0543. The first-order chi connectivity index (χ1) is 7.72. The van der Waals surface area contributed by atoms with E-state index >= 15 is 0 Å². The number of carbonyl (C=O) groups excluding carboxylic acids is 2. The third kappa shape index (κ3) is 1.98. The Morgan fingerprint density at radius 3 is 2.62 bits per heavy atom. The Morgan fingerprint density at radius 2 is 2.06 bits per heavy atom. The molecule has 1 aromatic carbocycles. The normalized spacial score (nSPS) is 22.2. The zero-order valence-electron chi connectivity index (χ0n) is 9.30. The van der Waals surface area contributed by atoms with Crippen LogP contribution in [-0.4, -0.2) is 23.6 Å². The van der Waals surface area contributed by atoms with Crippen molar-refractivity contribution in [3.8, 4) is 0 Å². The number of hydrogen-bond donors (Lipinski definition) is 0. The number of rotatable bonds is 3. The summed E-state index contributed by atoms with van der Waals surface area (Å²) in [7, 11) is 0. The van der Waals surface area contributed by atoms with Gasteiger partial charge in [-0.25, -0.2) is 0 Å². The van der Waals surface area contributed by atoms with Gasteiger partial charge in [-0.1, -0.05) is 30.3 Å². The third-order valence-electron chi connectivity index (χ3n) is 3.13. The van der Waals surface area contributed by atoms with Gasteiger partial charge in [-0.3, -0.25) is 4.79 Å². The Labute approximate surface area is 95.1 Å². The minimum Gasteiger partial charge on any atom is -0.335 e.